The maximum absolute atomic E-state index is 12.5. The molecule has 1 amide bonds. The summed E-state index contributed by atoms with van der Waals surface area (Å²) in [5.41, 5.74) is 1.96. The average molecular weight is 359 g/mol. The maximum Gasteiger partial charge on any atom is 0.293 e. The standard InChI is InChI=1S/C18H21N3O3S/c1-12-9-14(16(21(23)24)10-13(12)2)19-18(22)11-20-7-3-5-15(20)17-6-4-8-25-17/h4,6,8-10,15H,3,5,7,11H2,1-2H3,(H,19,22)/t15-/m1/s1. The highest BCUT2D eigenvalue weighted by Crippen LogP contribution is 2.34. The predicted molar refractivity (Wildman–Crippen MR) is 99.1 cm³/mol. The number of hydrogen-bond donors (Lipinski definition) is 1. The van der Waals surface area contributed by atoms with Gasteiger partial charge in [0.15, 0.2) is 0 Å². The summed E-state index contributed by atoms with van der Waals surface area (Å²) in [6, 6.07) is 7.57. The Labute approximate surface area is 150 Å². The summed E-state index contributed by atoms with van der Waals surface area (Å²) in [5, 5.41) is 16.0. The molecule has 0 spiro atoms. The second-order valence-electron chi connectivity index (χ2n) is 6.40. The second kappa shape index (κ2) is 7.33. The molecular weight excluding hydrogens is 338 g/mol. The first kappa shape index (κ1) is 17.6. The number of carbonyl (C=O) groups excluding carboxylic acids is 1. The Kier molecular flexibility index (Phi) is 5.15. The molecule has 25 heavy (non-hydrogen) atoms. The SMILES string of the molecule is Cc1cc(NC(=O)CN2CCC[C@@H]2c2cccs2)c([N+](=O)[O-])cc1C. The van der Waals surface area contributed by atoms with Gasteiger partial charge in [0.2, 0.25) is 5.91 Å². The molecule has 2 aromatic rings. The van der Waals surface area contributed by atoms with E-state index in [2.05, 4.69) is 16.3 Å². The van der Waals surface area contributed by atoms with Gasteiger partial charge in [0, 0.05) is 17.0 Å². The van der Waals surface area contributed by atoms with E-state index in [1.807, 2.05) is 25.3 Å². The summed E-state index contributed by atoms with van der Waals surface area (Å²) in [5.74, 6) is -0.213. The number of aryl methyl sites for hydroxylation is 2. The lowest BCUT2D eigenvalue weighted by Crippen LogP contribution is -2.32. The Morgan fingerprint density at radius 3 is 2.84 bits per heavy atom. The van der Waals surface area contributed by atoms with Crippen molar-refractivity contribution in [3.63, 3.8) is 0 Å². The van der Waals surface area contributed by atoms with Gasteiger partial charge in [-0.2, -0.15) is 0 Å². The second-order valence-corrected chi connectivity index (χ2v) is 7.38. The first-order chi connectivity index (χ1) is 12.0. The van der Waals surface area contributed by atoms with Gasteiger partial charge in [-0.1, -0.05) is 6.07 Å². The minimum atomic E-state index is -0.452. The lowest BCUT2D eigenvalue weighted by molar-refractivity contribution is -0.384. The van der Waals surface area contributed by atoms with Crippen LogP contribution in [0.4, 0.5) is 11.4 Å². The molecule has 6 nitrogen and oxygen atoms in total. The van der Waals surface area contributed by atoms with E-state index < -0.39 is 4.92 Å². The fraction of sp³-hybridized carbons (Fsp3) is 0.389. The highest BCUT2D eigenvalue weighted by atomic mass is 32.1. The van der Waals surface area contributed by atoms with Crippen LogP contribution >= 0.6 is 11.3 Å². The summed E-state index contributed by atoms with van der Waals surface area (Å²) in [6.45, 7) is 4.81. The van der Waals surface area contributed by atoms with E-state index in [0.717, 1.165) is 30.5 Å². The van der Waals surface area contributed by atoms with Crippen molar-refractivity contribution < 1.29 is 9.72 Å². The highest BCUT2D eigenvalue weighted by molar-refractivity contribution is 7.10. The number of nitro groups is 1. The van der Waals surface area contributed by atoms with E-state index >= 15 is 0 Å². The van der Waals surface area contributed by atoms with Crippen molar-refractivity contribution in [3.05, 3.63) is 55.8 Å². The molecule has 1 N–H and O–H groups in total. The van der Waals surface area contributed by atoms with Crippen LogP contribution in [0, 0.1) is 24.0 Å². The molecule has 0 bridgehead atoms. The Morgan fingerprint density at radius 1 is 1.40 bits per heavy atom. The van der Waals surface area contributed by atoms with Gasteiger partial charge in [0.05, 0.1) is 11.5 Å². The van der Waals surface area contributed by atoms with Crippen LogP contribution in [0.3, 0.4) is 0 Å². The molecule has 0 saturated carbocycles. The Hall–Kier alpha value is -2.25. The predicted octanol–water partition coefficient (Wildman–Crippen LogP) is 4.05. The molecule has 1 aliphatic heterocycles. The van der Waals surface area contributed by atoms with Gasteiger partial charge in [-0.15, -0.1) is 11.3 Å². The number of benzene rings is 1. The summed E-state index contributed by atoms with van der Waals surface area (Å²) >= 11 is 1.70. The van der Waals surface area contributed by atoms with E-state index in [1.54, 1.807) is 17.4 Å². The fourth-order valence-electron chi connectivity index (χ4n) is 3.24. The fourth-order valence-corrected chi connectivity index (χ4v) is 4.14. The minimum absolute atomic E-state index is 0.0623. The van der Waals surface area contributed by atoms with Crippen molar-refractivity contribution in [2.24, 2.45) is 0 Å². The number of thiophene rings is 1. The van der Waals surface area contributed by atoms with Crippen LogP contribution in [0.15, 0.2) is 29.6 Å². The molecule has 1 fully saturated rings. The Balaban J connectivity index is 1.73. The largest absolute Gasteiger partial charge is 0.319 e. The van der Waals surface area contributed by atoms with Gasteiger partial charge in [-0.25, -0.2) is 0 Å². The lowest BCUT2D eigenvalue weighted by Gasteiger charge is -2.23. The summed E-state index contributed by atoms with van der Waals surface area (Å²) in [6.07, 6.45) is 2.09. The van der Waals surface area contributed by atoms with Crippen molar-refractivity contribution in [2.45, 2.75) is 32.7 Å². The summed E-state index contributed by atoms with van der Waals surface area (Å²) < 4.78 is 0. The zero-order valence-electron chi connectivity index (χ0n) is 14.3. The molecule has 1 aromatic heterocycles. The monoisotopic (exact) mass is 359 g/mol. The number of rotatable bonds is 5. The van der Waals surface area contributed by atoms with Gasteiger partial charge in [-0.3, -0.25) is 19.8 Å². The van der Waals surface area contributed by atoms with Crippen LogP contribution in [-0.2, 0) is 4.79 Å². The molecule has 0 unspecified atom stereocenters. The normalized spacial score (nSPS) is 17.6. The van der Waals surface area contributed by atoms with E-state index in [9.17, 15) is 14.9 Å². The zero-order chi connectivity index (χ0) is 18.0. The molecule has 1 aromatic carbocycles. The van der Waals surface area contributed by atoms with Crippen LogP contribution in [0.25, 0.3) is 0 Å². The Bertz CT molecular complexity index is 789. The van der Waals surface area contributed by atoms with Crippen LogP contribution < -0.4 is 5.32 Å². The highest BCUT2D eigenvalue weighted by Gasteiger charge is 2.28. The minimum Gasteiger partial charge on any atom is -0.319 e. The van der Waals surface area contributed by atoms with Crippen LogP contribution in [0.1, 0.15) is 34.9 Å². The van der Waals surface area contributed by atoms with Crippen molar-refractivity contribution >= 4 is 28.6 Å². The molecule has 1 saturated heterocycles. The molecule has 1 atom stereocenters. The zero-order valence-corrected chi connectivity index (χ0v) is 15.1. The van der Waals surface area contributed by atoms with Crippen molar-refractivity contribution in [1.29, 1.82) is 0 Å². The van der Waals surface area contributed by atoms with Crippen LogP contribution in [0.5, 0.6) is 0 Å². The number of anilines is 1. The van der Waals surface area contributed by atoms with Crippen molar-refractivity contribution in [1.82, 2.24) is 4.90 Å². The topological polar surface area (TPSA) is 75.5 Å². The molecule has 132 valence electrons. The summed E-state index contributed by atoms with van der Waals surface area (Å²) in [7, 11) is 0. The quantitative estimate of drug-likeness (QED) is 0.645. The molecule has 7 heteroatoms. The molecule has 2 heterocycles. The van der Waals surface area contributed by atoms with E-state index in [0.29, 0.717) is 0 Å². The van der Waals surface area contributed by atoms with Gasteiger partial charge in [0.1, 0.15) is 5.69 Å². The number of amides is 1. The average Bonchev–Trinajstić information content (AvgIpc) is 3.21. The third-order valence-electron chi connectivity index (χ3n) is 4.66. The number of likely N-dealkylation sites (tertiary alicyclic amines) is 1. The van der Waals surface area contributed by atoms with Crippen LogP contribution in [-0.4, -0.2) is 28.8 Å². The lowest BCUT2D eigenvalue weighted by atomic mass is 10.1. The molecule has 0 radical (unpaired) electrons. The molecule has 3 rings (SSSR count). The molecule has 1 aliphatic rings. The van der Waals surface area contributed by atoms with Gasteiger partial charge in [0.25, 0.3) is 5.69 Å². The number of nitrogens with one attached hydrogen (secondary N) is 1. The first-order valence-corrected chi connectivity index (χ1v) is 9.16. The van der Waals surface area contributed by atoms with Crippen molar-refractivity contribution in [2.75, 3.05) is 18.4 Å². The third kappa shape index (κ3) is 3.88. The number of carbonyl (C=O) groups is 1. The van der Waals surface area contributed by atoms with E-state index in [4.69, 9.17) is 0 Å². The first-order valence-electron chi connectivity index (χ1n) is 8.28. The van der Waals surface area contributed by atoms with Gasteiger partial charge >= 0.3 is 0 Å². The summed E-state index contributed by atoms with van der Waals surface area (Å²) in [4.78, 5) is 26.7. The molecule has 0 aliphatic carbocycles. The molecular formula is C18H21N3O3S. The van der Waals surface area contributed by atoms with E-state index in [-0.39, 0.29) is 29.9 Å². The number of nitro benzene ring substituents is 1. The number of nitrogens with zero attached hydrogens (tertiary/aromatic N) is 2. The number of hydrogen-bond acceptors (Lipinski definition) is 5. The van der Waals surface area contributed by atoms with Crippen molar-refractivity contribution in [3.8, 4) is 0 Å². The van der Waals surface area contributed by atoms with Gasteiger partial charge < -0.3 is 5.32 Å². The van der Waals surface area contributed by atoms with Crippen LogP contribution in [0.2, 0.25) is 0 Å². The third-order valence-corrected chi connectivity index (χ3v) is 5.64. The Morgan fingerprint density at radius 2 is 2.16 bits per heavy atom. The smallest absolute Gasteiger partial charge is 0.293 e. The maximum atomic E-state index is 12.5. The van der Waals surface area contributed by atoms with Gasteiger partial charge in [-0.05, 0) is 61.9 Å². The van der Waals surface area contributed by atoms with E-state index in [1.165, 1.54) is 10.9 Å².